The molecular weight excluding hydrogens is 258 g/mol. The zero-order valence-corrected chi connectivity index (χ0v) is 11.8. The van der Waals surface area contributed by atoms with Gasteiger partial charge in [0.2, 0.25) is 0 Å². The maximum atomic E-state index is 12.2. The van der Waals surface area contributed by atoms with E-state index in [2.05, 4.69) is 5.32 Å². The van der Waals surface area contributed by atoms with Crippen molar-refractivity contribution < 1.29 is 9.90 Å². The fourth-order valence-corrected chi connectivity index (χ4v) is 2.93. The molecule has 0 saturated heterocycles. The molecule has 1 amide bonds. The molecular formula is C15H17NO2S. The van der Waals surface area contributed by atoms with Gasteiger partial charge < -0.3 is 10.4 Å². The van der Waals surface area contributed by atoms with Crippen molar-refractivity contribution in [2.75, 3.05) is 6.61 Å². The van der Waals surface area contributed by atoms with Gasteiger partial charge in [0.1, 0.15) is 0 Å². The number of rotatable bonds is 4. The normalized spacial score (nSPS) is 12.2. The predicted octanol–water partition coefficient (Wildman–Crippen LogP) is 2.83. The van der Waals surface area contributed by atoms with Gasteiger partial charge in [0.05, 0.1) is 18.2 Å². The number of aliphatic hydroxyl groups is 1. The Kier molecular flexibility index (Phi) is 4.35. The molecule has 1 aromatic heterocycles. The Morgan fingerprint density at radius 2 is 2.00 bits per heavy atom. The van der Waals surface area contributed by atoms with E-state index < -0.39 is 0 Å². The van der Waals surface area contributed by atoms with Crippen molar-refractivity contribution in [3.05, 3.63) is 57.3 Å². The first-order valence-electron chi connectivity index (χ1n) is 6.15. The van der Waals surface area contributed by atoms with E-state index in [1.54, 1.807) is 11.3 Å². The van der Waals surface area contributed by atoms with E-state index in [-0.39, 0.29) is 18.6 Å². The predicted molar refractivity (Wildman–Crippen MR) is 77.5 cm³/mol. The third-order valence-corrected chi connectivity index (χ3v) is 3.94. The Bertz CT molecular complexity index is 563. The highest BCUT2D eigenvalue weighted by Gasteiger charge is 2.17. The van der Waals surface area contributed by atoms with Crippen molar-refractivity contribution in [1.82, 2.24) is 5.32 Å². The van der Waals surface area contributed by atoms with Crippen LogP contribution in [0.15, 0.2) is 36.4 Å². The van der Waals surface area contributed by atoms with Gasteiger partial charge >= 0.3 is 0 Å². The molecule has 0 spiro atoms. The number of hydrogen-bond donors (Lipinski definition) is 2. The smallest absolute Gasteiger partial charge is 0.252 e. The van der Waals surface area contributed by atoms with E-state index in [9.17, 15) is 9.90 Å². The Hall–Kier alpha value is -1.65. The lowest BCUT2D eigenvalue weighted by Gasteiger charge is -2.16. The maximum Gasteiger partial charge on any atom is 0.252 e. The molecule has 0 aliphatic heterocycles. The maximum absolute atomic E-state index is 12.2. The highest BCUT2D eigenvalue weighted by molar-refractivity contribution is 7.12. The topological polar surface area (TPSA) is 49.3 Å². The fourth-order valence-electron chi connectivity index (χ4n) is 2.01. The molecule has 0 aliphatic carbocycles. The number of nitrogens with one attached hydrogen (secondary N) is 1. The van der Waals surface area contributed by atoms with Crippen molar-refractivity contribution in [3.8, 4) is 0 Å². The Morgan fingerprint density at radius 3 is 2.53 bits per heavy atom. The van der Waals surface area contributed by atoms with Crippen LogP contribution < -0.4 is 5.32 Å². The van der Waals surface area contributed by atoms with Crippen LogP contribution in [-0.4, -0.2) is 17.6 Å². The van der Waals surface area contributed by atoms with Crippen LogP contribution in [0.4, 0.5) is 0 Å². The minimum absolute atomic E-state index is 0.113. The molecule has 2 aromatic rings. The molecule has 4 heteroatoms. The summed E-state index contributed by atoms with van der Waals surface area (Å²) >= 11 is 1.60. The van der Waals surface area contributed by atoms with Gasteiger partial charge in [0.15, 0.2) is 0 Å². The second-order valence-corrected chi connectivity index (χ2v) is 5.91. The number of aryl methyl sites for hydroxylation is 2. The zero-order chi connectivity index (χ0) is 13.8. The molecule has 2 N–H and O–H groups in total. The number of thiophene rings is 1. The summed E-state index contributed by atoms with van der Waals surface area (Å²) in [5.41, 5.74) is 1.60. The van der Waals surface area contributed by atoms with Crippen LogP contribution in [0.3, 0.4) is 0 Å². The van der Waals surface area contributed by atoms with Crippen LogP contribution in [0.1, 0.15) is 31.7 Å². The number of benzene rings is 1. The summed E-state index contributed by atoms with van der Waals surface area (Å²) in [5.74, 6) is -0.134. The molecule has 1 atom stereocenters. The Labute approximate surface area is 116 Å². The molecule has 0 bridgehead atoms. The lowest BCUT2D eigenvalue weighted by molar-refractivity contribution is 0.0916. The lowest BCUT2D eigenvalue weighted by atomic mass is 10.1. The van der Waals surface area contributed by atoms with Crippen molar-refractivity contribution in [3.63, 3.8) is 0 Å². The third kappa shape index (κ3) is 3.22. The van der Waals surface area contributed by atoms with Crippen molar-refractivity contribution in [2.45, 2.75) is 19.9 Å². The second-order valence-electron chi connectivity index (χ2n) is 4.45. The van der Waals surface area contributed by atoms with Gasteiger partial charge in [-0.05, 0) is 25.5 Å². The monoisotopic (exact) mass is 275 g/mol. The van der Waals surface area contributed by atoms with Gasteiger partial charge in [-0.3, -0.25) is 4.79 Å². The van der Waals surface area contributed by atoms with Crippen LogP contribution in [0.25, 0.3) is 0 Å². The molecule has 3 nitrogen and oxygen atoms in total. The summed E-state index contributed by atoms with van der Waals surface area (Å²) < 4.78 is 0. The summed E-state index contributed by atoms with van der Waals surface area (Å²) in [7, 11) is 0. The van der Waals surface area contributed by atoms with Crippen LogP contribution in [0, 0.1) is 13.8 Å². The fraction of sp³-hybridized carbons (Fsp3) is 0.267. The van der Waals surface area contributed by atoms with Gasteiger partial charge in [0.25, 0.3) is 5.91 Å². The van der Waals surface area contributed by atoms with E-state index in [1.807, 2.05) is 50.2 Å². The molecule has 0 fully saturated rings. The lowest BCUT2D eigenvalue weighted by Crippen LogP contribution is -2.30. The SMILES string of the molecule is Cc1cc(C(=O)N[C@H](CO)c2ccccc2)c(C)s1. The molecule has 19 heavy (non-hydrogen) atoms. The van der Waals surface area contributed by atoms with Gasteiger partial charge in [-0.1, -0.05) is 30.3 Å². The van der Waals surface area contributed by atoms with Gasteiger partial charge in [0, 0.05) is 9.75 Å². The Morgan fingerprint density at radius 1 is 1.32 bits per heavy atom. The third-order valence-electron chi connectivity index (χ3n) is 2.98. The molecule has 100 valence electrons. The van der Waals surface area contributed by atoms with E-state index in [1.165, 1.54) is 0 Å². The first-order chi connectivity index (χ1) is 9.11. The first kappa shape index (κ1) is 13.8. The van der Waals surface area contributed by atoms with Crippen LogP contribution in [0.2, 0.25) is 0 Å². The second kappa shape index (κ2) is 5.99. The van der Waals surface area contributed by atoms with Gasteiger partial charge in [-0.2, -0.15) is 0 Å². The zero-order valence-electron chi connectivity index (χ0n) is 11.0. The standard InChI is InChI=1S/C15H17NO2S/c1-10-8-13(11(2)19-10)15(18)16-14(9-17)12-6-4-3-5-7-12/h3-8,14,17H,9H2,1-2H3,(H,16,18)/t14-/m1/s1. The summed E-state index contributed by atoms with van der Waals surface area (Å²) in [6, 6.07) is 11.0. The van der Waals surface area contributed by atoms with E-state index in [0.29, 0.717) is 5.56 Å². The van der Waals surface area contributed by atoms with Gasteiger partial charge in [-0.25, -0.2) is 0 Å². The molecule has 1 heterocycles. The molecule has 0 saturated carbocycles. The summed E-state index contributed by atoms with van der Waals surface area (Å²) in [5, 5.41) is 12.3. The Balaban J connectivity index is 2.15. The van der Waals surface area contributed by atoms with Crippen molar-refractivity contribution in [2.24, 2.45) is 0 Å². The molecule has 2 rings (SSSR count). The number of amides is 1. The van der Waals surface area contributed by atoms with E-state index >= 15 is 0 Å². The van der Waals surface area contributed by atoms with Crippen molar-refractivity contribution >= 4 is 17.2 Å². The summed E-state index contributed by atoms with van der Waals surface area (Å²) in [6.07, 6.45) is 0. The quantitative estimate of drug-likeness (QED) is 0.901. The van der Waals surface area contributed by atoms with E-state index in [0.717, 1.165) is 15.3 Å². The van der Waals surface area contributed by atoms with Gasteiger partial charge in [-0.15, -0.1) is 11.3 Å². The number of aliphatic hydroxyl groups excluding tert-OH is 1. The van der Waals surface area contributed by atoms with Crippen molar-refractivity contribution in [1.29, 1.82) is 0 Å². The van der Waals surface area contributed by atoms with Crippen LogP contribution >= 0.6 is 11.3 Å². The minimum Gasteiger partial charge on any atom is -0.394 e. The molecule has 0 aliphatic rings. The number of carbonyl (C=O) groups is 1. The highest BCUT2D eigenvalue weighted by atomic mass is 32.1. The van der Waals surface area contributed by atoms with Crippen LogP contribution in [-0.2, 0) is 0 Å². The minimum atomic E-state index is -0.367. The van der Waals surface area contributed by atoms with E-state index in [4.69, 9.17) is 0 Å². The largest absolute Gasteiger partial charge is 0.394 e. The highest BCUT2D eigenvalue weighted by Crippen LogP contribution is 2.21. The average Bonchev–Trinajstić information content (AvgIpc) is 2.76. The molecule has 0 unspecified atom stereocenters. The summed E-state index contributed by atoms with van der Waals surface area (Å²) in [6.45, 7) is 3.80. The number of carbonyl (C=O) groups excluding carboxylic acids is 1. The molecule has 0 radical (unpaired) electrons. The number of hydrogen-bond acceptors (Lipinski definition) is 3. The average molecular weight is 275 g/mol. The van der Waals surface area contributed by atoms with Crippen LogP contribution in [0.5, 0.6) is 0 Å². The summed E-state index contributed by atoms with van der Waals surface area (Å²) in [4.78, 5) is 14.3. The first-order valence-corrected chi connectivity index (χ1v) is 6.97. The molecule has 1 aromatic carbocycles.